The fourth-order valence-electron chi connectivity index (χ4n) is 4.04. The average Bonchev–Trinajstić information content (AvgIpc) is 2.79. The maximum atomic E-state index is 3.96. The molecular weight excluding hydrogens is 230 g/mol. The maximum absolute atomic E-state index is 3.96. The summed E-state index contributed by atoms with van der Waals surface area (Å²) in [6, 6.07) is 10.4. The van der Waals surface area contributed by atoms with Gasteiger partial charge in [0.25, 0.3) is 0 Å². The normalized spacial score (nSPS) is 33.1. The summed E-state index contributed by atoms with van der Waals surface area (Å²) in [4.78, 5) is 0. The van der Waals surface area contributed by atoms with E-state index in [9.17, 15) is 0 Å². The number of nitrogens with one attached hydrogen (secondary N) is 1. The predicted molar refractivity (Wildman–Crippen MR) is 81.4 cm³/mol. The molecule has 1 nitrogen and oxygen atoms in total. The van der Waals surface area contributed by atoms with Gasteiger partial charge in [-0.2, -0.15) is 0 Å². The van der Waals surface area contributed by atoms with Crippen molar-refractivity contribution in [3.63, 3.8) is 0 Å². The fraction of sp³-hybridized carbons (Fsp3) is 0.667. The van der Waals surface area contributed by atoms with E-state index in [0.717, 1.165) is 12.0 Å². The van der Waals surface area contributed by atoms with E-state index in [1.165, 1.54) is 32.1 Å². The van der Waals surface area contributed by atoms with Crippen LogP contribution in [0.1, 0.15) is 70.0 Å². The highest BCUT2D eigenvalue weighted by molar-refractivity contribution is 5.38. The monoisotopic (exact) mass is 257 g/mol. The molecule has 1 aromatic carbocycles. The Balaban J connectivity index is 1.84. The summed E-state index contributed by atoms with van der Waals surface area (Å²) in [6.07, 6.45) is 6.75. The van der Waals surface area contributed by atoms with Gasteiger partial charge in [0.2, 0.25) is 0 Å². The molecule has 0 saturated heterocycles. The van der Waals surface area contributed by atoms with Gasteiger partial charge in [0.05, 0.1) is 0 Å². The highest BCUT2D eigenvalue weighted by Gasteiger charge is 2.34. The predicted octanol–water partition coefficient (Wildman–Crippen LogP) is 4.58. The Hall–Kier alpha value is -0.820. The molecule has 19 heavy (non-hydrogen) atoms. The van der Waals surface area contributed by atoms with Crippen molar-refractivity contribution < 1.29 is 0 Å². The van der Waals surface area contributed by atoms with E-state index >= 15 is 0 Å². The zero-order valence-corrected chi connectivity index (χ0v) is 12.6. The van der Waals surface area contributed by atoms with E-state index in [1.54, 1.807) is 11.1 Å². The molecule has 0 aromatic heterocycles. The Bertz CT molecular complexity index is 449. The molecule has 1 N–H and O–H groups in total. The molecular formula is C18H27N. The van der Waals surface area contributed by atoms with Crippen LogP contribution in [0.25, 0.3) is 0 Å². The van der Waals surface area contributed by atoms with Crippen molar-refractivity contribution in [2.24, 2.45) is 5.92 Å². The molecule has 0 heterocycles. The molecule has 0 aliphatic heterocycles. The minimum atomic E-state index is 0.343. The fourth-order valence-corrected chi connectivity index (χ4v) is 4.04. The zero-order chi connectivity index (χ0) is 13.5. The quantitative estimate of drug-likeness (QED) is 0.818. The molecule has 0 radical (unpaired) electrons. The van der Waals surface area contributed by atoms with Crippen LogP contribution in [-0.2, 0) is 5.41 Å². The van der Waals surface area contributed by atoms with Crippen molar-refractivity contribution in [1.82, 2.24) is 5.32 Å². The van der Waals surface area contributed by atoms with Crippen molar-refractivity contribution in [3.05, 3.63) is 35.4 Å². The van der Waals surface area contributed by atoms with Gasteiger partial charge in [-0.25, -0.2) is 0 Å². The van der Waals surface area contributed by atoms with E-state index in [2.05, 4.69) is 50.4 Å². The molecule has 3 atom stereocenters. The van der Waals surface area contributed by atoms with E-state index in [0.29, 0.717) is 11.5 Å². The van der Waals surface area contributed by atoms with Crippen LogP contribution in [0.15, 0.2) is 24.3 Å². The first kappa shape index (κ1) is 13.2. The second kappa shape index (κ2) is 4.94. The molecule has 2 aliphatic carbocycles. The molecule has 2 aliphatic rings. The lowest BCUT2D eigenvalue weighted by molar-refractivity contribution is 0.310. The Kier molecular flexibility index (Phi) is 3.42. The van der Waals surface area contributed by atoms with E-state index in [-0.39, 0.29) is 0 Å². The summed E-state index contributed by atoms with van der Waals surface area (Å²) in [5.74, 6) is 0.849. The Labute approximate surface area is 117 Å². The van der Waals surface area contributed by atoms with E-state index < -0.39 is 0 Å². The van der Waals surface area contributed by atoms with Gasteiger partial charge in [-0.05, 0) is 48.1 Å². The SMILES string of the molecule is CC1CCCC1NC1CCC(C)(C)c2ccccc21. The Morgan fingerprint density at radius 2 is 1.89 bits per heavy atom. The summed E-state index contributed by atoms with van der Waals surface area (Å²) in [6.45, 7) is 7.18. The van der Waals surface area contributed by atoms with E-state index in [1.807, 2.05) is 0 Å². The first-order chi connectivity index (χ1) is 9.08. The summed E-state index contributed by atoms with van der Waals surface area (Å²) in [7, 11) is 0. The third kappa shape index (κ3) is 2.45. The van der Waals surface area contributed by atoms with Crippen LogP contribution < -0.4 is 5.32 Å². The summed E-state index contributed by atoms with van der Waals surface area (Å²) in [5.41, 5.74) is 3.46. The highest BCUT2D eigenvalue weighted by Crippen LogP contribution is 2.42. The third-order valence-electron chi connectivity index (χ3n) is 5.40. The largest absolute Gasteiger partial charge is 0.307 e. The minimum absolute atomic E-state index is 0.343. The van der Waals surface area contributed by atoms with Crippen LogP contribution in [0, 0.1) is 5.92 Å². The summed E-state index contributed by atoms with van der Waals surface area (Å²) in [5, 5.41) is 3.96. The van der Waals surface area contributed by atoms with Crippen molar-refractivity contribution in [2.45, 2.75) is 70.4 Å². The molecule has 1 fully saturated rings. The van der Waals surface area contributed by atoms with Crippen molar-refractivity contribution in [1.29, 1.82) is 0 Å². The molecule has 1 heteroatoms. The van der Waals surface area contributed by atoms with Gasteiger partial charge < -0.3 is 5.32 Å². The minimum Gasteiger partial charge on any atom is -0.307 e. The lowest BCUT2D eigenvalue weighted by Crippen LogP contribution is -2.39. The molecule has 3 unspecified atom stereocenters. The maximum Gasteiger partial charge on any atom is 0.0326 e. The molecule has 0 bridgehead atoms. The number of hydrogen-bond acceptors (Lipinski definition) is 1. The van der Waals surface area contributed by atoms with E-state index in [4.69, 9.17) is 0 Å². The van der Waals surface area contributed by atoms with Crippen molar-refractivity contribution in [3.8, 4) is 0 Å². The van der Waals surface area contributed by atoms with Gasteiger partial charge in [-0.15, -0.1) is 0 Å². The topological polar surface area (TPSA) is 12.0 Å². The lowest BCUT2D eigenvalue weighted by Gasteiger charge is -2.39. The number of benzene rings is 1. The first-order valence-electron chi connectivity index (χ1n) is 7.93. The number of fused-ring (bicyclic) bond motifs is 1. The van der Waals surface area contributed by atoms with Crippen LogP contribution in [0.3, 0.4) is 0 Å². The van der Waals surface area contributed by atoms with Crippen LogP contribution in [-0.4, -0.2) is 6.04 Å². The van der Waals surface area contributed by atoms with Gasteiger partial charge in [-0.3, -0.25) is 0 Å². The highest BCUT2D eigenvalue weighted by atomic mass is 15.0. The average molecular weight is 257 g/mol. The summed E-state index contributed by atoms with van der Waals surface area (Å²) < 4.78 is 0. The molecule has 0 amide bonds. The Morgan fingerprint density at radius 3 is 2.63 bits per heavy atom. The number of hydrogen-bond donors (Lipinski definition) is 1. The van der Waals surface area contributed by atoms with Crippen LogP contribution in [0.5, 0.6) is 0 Å². The zero-order valence-electron chi connectivity index (χ0n) is 12.6. The molecule has 104 valence electrons. The molecule has 1 aromatic rings. The van der Waals surface area contributed by atoms with Gasteiger partial charge in [-0.1, -0.05) is 51.5 Å². The Morgan fingerprint density at radius 1 is 1.11 bits per heavy atom. The first-order valence-corrected chi connectivity index (χ1v) is 7.93. The van der Waals surface area contributed by atoms with Crippen LogP contribution in [0.4, 0.5) is 0 Å². The van der Waals surface area contributed by atoms with Crippen LogP contribution >= 0.6 is 0 Å². The van der Waals surface area contributed by atoms with Gasteiger partial charge in [0, 0.05) is 12.1 Å². The van der Waals surface area contributed by atoms with Gasteiger partial charge in [0.1, 0.15) is 0 Å². The molecule has 1 saturated carbocycles. The standard InChI is InChI=1S/C18H27N/c1-13-7-6-10-16(13)19-17-11-12-18(2,3)15-9-5-4-8-14(15)17/h4-5,8-9,13,16-17,19H,6-7,10-12H2,1-3H3. The van der Waals surface area contributed by atoms with Crippen molar-refractivity contribution in [2.75, 3.05) is 0 Å². The lowest BCUT2D eigenvalue weighted by atomic mass is 9.71. The van der Waals surface area contributed by atoms with Crippen molar-refractivity contribution >= 4 is 0 Å². The van der Waals surface area contributed by atoms with Crippen LogP contribution in [0.2, 0.25) is 0 Å². The smallest absolute Gasteiger partial charge is 0.0326 e. The number of rotatable bonds is 2. The molecule has 0 spiro atoms. The second-order valence-corrected chi connectivity index (χ2v) is 7.24. The van der Waals surface area contributed by atoms with Gasteiger partial charge in [0.15, 0.2) is 0 Å². The summed E-state index contributed by atoms with van der Waals surface area (Å²) >= 11 is 0. The van der Waals surface area contributed by atoms with Gasteiger partial charge >= 0.3 is 0 Å². The third-order valence-corrected chi connectivity index (χ3v) is 5.40. The second-order valence-electron chi connectivity index (χ2n) is 7.24. The molecule has 3 rings (SSSR count).